The molecule has 3 heteroatoms. The molecule has 1 aromatic carbocycles. The molecule has 2 rings (SSSR count). The van der Waals surface area contributed by atoms with E-state index in [0.29, 0.717) is 18.1 Å². The third-order valence-corrected chi connectivity index (χ3v) is 1.72. The van der Waals surface area contributed by atoms with Crippen LogP contribution in [0.5, 0.6) is 17.2 Å². The summed E-state index contributed by atoms with van der Waals surface area (Å²) in [6.07, 6.45) is 1.69. The Morgan fingerprint density at radius 1 is 1.46 bits per heavy atom. The van der Waals surface area contributed by atoms with E-state index in [9.17, 15) is 0 Å². The van der Waals surface area contributed by atoms with E-state index in [4.69, 9.17) is 14.2 Å². The molecule has 1 heterocycles. The predicted molar refractivity (Wildman–Crippen MR) is 48.3 cm³/mol. The largest absolute Gasteiger partial charge is 0.486 e. The van der Waals surface area contributed by atoms with Gasteiger partial charge in [-0.3, -0.25) is 0 Å². The zero-order chi connectivity index (χ0) is 9.10. The van der Waals surface area contributed by atoms with Gasteiger partial charge in [0.05, 0.1) is 0 Å². The number of ether oxygens (including phenoxy) is 3. The Kier molecular flexibility index (Phi) is 2.08. The number of fused-ring (bicyclic) bond motifs is 1. The summed E-state index contributed by atoms with van der Waals surface area (Å²) in [6, 6.07) is 5.56. The lowest BCUT2D eigenvalue weighted by Crippen LogP contribution is -1.96. The lowest BCUT2D eigenvalue weighted by Gasteiger charge is -2.05. The number of hydrogen-bond donors (Lipinski definition) is 0. The van der Waals surface area contributed by atoms with Crippen molar-refractivity contribution < 1.29 is 14.2 Å². The van der Waals surface area contributed by atoms with Gasteiger partial charge in [0.25, 0.3) is 0 Å². The van der Waals surface area contributed by atoms with E-state index >= 15 is 0 Å². The maximum Gasteiger partial charge on any atom is 0.231 e. The molecule has 13 heavy (non-hydrogen) atoms. The highest BCUT2D eigenvalue weighted by Crippen LogP contribution is 2.40. The molecular formula is C10H10O3. The van der Waals surface area contributed by atoms with E-state index in [1.165, 1.54) is 0 Å². The van der Waals surface area contributed by atoms with Gasteiger partial charge in [-0.05, 0) is 12.1 Å². The zero-order valence-corrected chi connectivity index (χ0v) is 7.16. The fourth-order valence-corrected chi connectivity index (χ4v) is 1.17. The molecule has 0 radical (unpaired) electrons. The molecule has 0 aromatic heterocycles. The van der Waals surface area contributed by atoms with Crippen LogP contribution < -0.4 is 14.2 Å². The second-order valence-electron chi connectivity index (χ2n) is 2.59. The quantitative estimate of drug-likeness (QED) is 0.662. The molecule has 0 N–H and O–H groups in total. The van der Waals surface area contributed by atoms with Gasteiger partial charge in [-0.15, -0.1) is 0 Å². The average molecular weight is 178 g/mol. The molecule has 0 saturated carbocycles. The fraction of sp³-hybridized carbons (Fsp3) is 0.200. The Morgan fingerprint density at radius 2 is 2.38 bits per heavy atom. The van der Waals surface area contributed by atoms with E-state index in [1.807, 2.05) is 18.2 Å². The van der Waals surface area contributed by atoms with Crippen molar-refractivity contribution in [3.63, 3.8) is 0 Å². The van der Waals surface area contributed by atoms with Crippen LogP contribution in [0.25, 0.3) is 0 Å². The van der Waals surface area contributed by atoms with Crippen LogP contribution in [0.4, 0.5) is 0 Å². The number of benzene rings is 1. The second kappa shape index (κ2) is 3.39. The summed E-state index contributed by atoms with van der Waals surface area (Å²) in [5, 5.41) is 0. The van der Waals surface area contributed by atoms with Crippen molar-refractivity contribution in [1.29, 1.82) is 0 Å². The normalized spacial score (nSPS) is 12.6. The summed E-state index contributed by atoms with van der Waals surface area (Å²) in [5.41, 5.74) is 0. The van der Waals surface area contributed by atoms with Gasteiger partial charge < -0.3 is 14.2 Å². The smallest absolute Gasteiger partial charge is 0.231 e. The summed E-state index contributed by atoms with van der Waals surface area (Å²) in [4.78, 5) is 0. The Bertz CT molecular complexity index is 320. The minimum atomic E-state index is 0.268. The van der Waals surface area contributed by atoms with Gasteiger partial charge in [-0.25, -0.2) is 0 Å². The highest BCUT2D eigenvalue weighted by Gasteiger charge is 2.17. The molecule has 1 aliphatic heterocycles. The molecule has 1 aliphatic rings. The summed E-state index contributed by atoms with van der Waals surface area (Å²) in [7, 11) is 0. The molecule has 68 valence electrons. The van der Waals surface area contributed by atoms with Crippen LogP contribution in [0.2, 0.25) is 0 Å². The lowest BCUT2D eigenvalue weighted by molar-refractivity contribution is 0.170. The molecule has 0 fully saturated rings. The summed E-state index contributed by atoms with van der Waals surface area (Å²) >= 11 is 0. The molecule has 1 aromatic rings. The van der Waals surface area contributed by atoms with E-state index < -0.39 is 0 Å². The van der Waals surface area contributed by atoms with Gasteiger partial charge in [-0.1, -0.05) is 18.7 Å². The molecular weight excluding hydrogens is 168 g/mol. The van der Waals surface area contributed by atoms with E-state index in [-0.39, 0.29) is 6.79 Å². The lowest BCUT2D eigenvalue weighted by atomic mass is 10.3. The molecule has 0 aliphatic carbocycles. The van der Waals surface area contributed by atoms with E-state index in [1.54, 1.807) is 6.08 Å². The van der Waals surface area contributed by atoms with Crippen LogP contribution in [0.1, 0.15) is 0 Å². The standard InChI is InChI=1S/C10H10O3/c1-2-6-11-8-4-3-5-9-10(8)13-7-12-9/h2-5H,1,6-7H2. The summed E-state index contributed by atoms with van der Waals surface area (Å²) in [5.74, 6) is 2.13. The minimum Gasteiger partial charge on any atom is -0.486 e. The van der Waals surface area contributed by atoms with Gasteiger partial charge in [0.1, 0.15) is 6.61 Å². The van der Waals surface area contributed by atoms with Crippen LogP contribution >= 0.6 is 0 Å². The molecule has 0 bridgehead atoms. The van der Waals surface area contributed by atoms with Crippen molar-refractivity contribution in [3.8, 4) is 17.2 Å². The number of rotatable bonds is 3. The first-order valence-corrected chi connectivity index (χ1v) is 4.04. The van der Waals surface area contributed by atoms with Crippen molar-refractivity contribution >= 4 is 0 Å². The van der Waals surface area contributed by atoms with Gasteiger partial charge in [-0.2, -0.15) is 0 Å². The Balaban J connectivity index is 2.25. The minimum absolute atomic E-state index is 0.268. The van der Waals surface area contributed by atoms with Gasteiger partial charge >= 0.3 is 0 Å². The molecule has 0 unspecified atom stereocenters. The molecule has 0 amide bonds. The topological polar surface area (TPSA) is 27.7 Å². The van der Waals surface area contributed by atoms with Crippen molar-refractivity contribution in [2.24, 2.45) is 0 Å². The molecule has 0 spiro atoms. The summed E-state index contributed by atoms with van der Waals surface area (Å²) in [6.45, 7) is 4.31. The molecule has 0 saturated heterocycles. The highest BCUT2D eigenvalue weighted by atomic mass is 16.7. The van der Waals surface area contributed by atoms with E-state index in [2.05, 4.69) is 6.58 Å². The van der Waals surface area contributed by atoms with E-state index in [0.717, 1.165) is 5.75 Å². The number of para-hydroxylation sites is 1. The van der Waals surface area contributed by atoms with Crippen molar-refractivity contribution in [2.45, 2.75) is 0 Å². The van der Waals surface area contributed by atoms with Gasteiger partial charge in [0, 0.05) is 0 Å². The predicted octanol–water partition coefficient (Wildman–Crippen LogP) is 1.98. The fourth-order valence-electron chi connectivity index (χ4n) is 1.17. The second-order valence-corrected chi connectivity index (χ2v) is 2.59. The van der Waals surface area contributed by atoms with Gasteiger partial charge in [0.15, 0.2) is 11.5 Å². The van der Waals surface area contributed by atoms with Gasteiger partial charge in [0.2, 0.25) is 12.5 Å². The Hall–Kier alpha value is -1.64. The third-order valence-electron chi connectivity index (χ3n) is 1.72. The average Bonchev–Trinajstić information content (AvgIpc) is 2.62. The first-order chi connectivity index (χ1) is 6.42. The van der Waals surface area contributed by atoms with Crippen LogP contribution in [0.3, 0.4) is 0 Å². The Morgan fingerprint density at radius 3 is 3.23 bits per heavy atom. The zero-order valence-electron chi connectivity index (χ0n) is 7.16. The van der Waals surface area contributed by atoms with Crippen LogP contribution in [0.15, 0.2) is 30.9 Å². The Labute approximate surface area is 76.5 Å². The van der Waals surface area contributed by atoms with Crippen LogP contribution in [-0.2, 0) is 0 Å². The van der Waals surface area contributed by atoms with Crippen LogP contribution in [-0.4, -0.2) is 13.4 Å². The first-order valence-electron chi connectivity index (χ1n) is 4.04. The molecule has 0 atom stereocenters. The van der Waals surface area contributed by atoms with Crippen molar-refractivity contribution in [2.75, 3.05) is 13.4 Å². The monoisotopic (exact) mass is 178 g/mol. The third kappa shape index (κ3) is 1.45. The molecule has 3 nitrogen and oxygen atoms in total. The number of hydrogen-bond acceptors (Lipinski definition) is 3. The van der Waals surface area contributed by atoms with Crippen molar-refractivity contribution in [3.05, 3.63) is 30.9 Å². The SMILES string of the molecule is C=CCOc1cccc2c1OCO2. The van der Waals surface area contributed by atoms with Crippen LogP contribution in [0, 0.1) is 0 Å². The highest BCUT2D eigenvalue weighted by molar-refractivity contribution is 5.52. The summed E-state index contributed by atoms with van der Waals surface area (Å²) < 4.78 is 15.8. The first kappa shape index (κ1) is 7.98. The van der Waals surface area contributed by atoms with Crippen molar-refractivity contribution in [1.82, 2.24) is 0 Å². The maximum atomic E-state index is 5.37. The maximum absolute atomic E-state index is 5.37.